The maximum absolute atomic E-state index is 12.1. The summed E-state index contributed by atoms with van der Waals surface area (Å²) in [7, 11) is -3.86. The first kappa shape index (κ1) is 24.4. The number of benzene rings is 3. The van der Waals surface area contributed by atoms with Gasteiger partial charge in [0.15, 0.2) is 0 Å². The first-order valence-corrected chi connectivity index (χ1v) is 11.6. The molecular weight excluding hydrogens is 489 g/mol. The van der Waals surface area contributed by atoms with Crippen LogP contribution in [0.5, 0.6) is 5.75 Å². The third-order valence-electron chi connectivity index (χ3n) is 4.10. The minimum atomic E-state index is -3.86. The predicted molar refractivity (Wildman–Crippen MR) is 125 cm³/mol. The highest BCUT2D eigenvalue weighted by Gasteiger charge is 2.15. The molecule has 0 spiro atoms. The summed E-state index contributed by atoms with van der Waals surface area (Å²) in [6.07, 6.45) is 1.36. The Morgan fingerprint density at radius 2 is 1.64 bits per heavy atom. The van der Waals surface area contributed by atoms with Crippen molar-refractivity contribution in [3.63, 3.8) is 0 Å². The number of nitrogens with zero attached hydrogens (tertiary/aromatic N) is 1. The van der Waals surface area contributed by atoms with Crippen LogP contribution in [0.15, 0.2) is 82.8 Å². The van der Waals surface area contributed by atoms with Crippen molar-refractivity contribution in [3.8, 4) is 5.75 Å². The molecule has 0 heterocycles. The molecule has 170 valence electrons. The number of esters is 1. The van der Waals surface area contributed by atoms with Crippen molar-refractivity contribution in [2.45, 2.75) is 4.90 Å². The molecule has 0 saturated carbocycles. The average Bonchev–Trinajstić information content (AvgIpc) is 2.79. The lowest BCUT2D eigenvalue weighted by molar-refractivity contribution is -0.119. The van der Waals surface area contributed by atoms with Crippen LogP contribution in [0, 0.1) is 0 Å². The Morgan fingerprint density at radius 3 is 2.30 bits per heavy atom. The topological polar surface area (TPSA) is 114 Å². The highest BCUT2D eigenvalue weighted by atomic mass is 35.5. The summed E-state index contributed by atoms with van der Waals surface area (Å²) in [6, 6.07) is 18.3. The van der Waals surface area contributed by atoms with Gasteiger partial charge >= 0.3 is 5.97 Å². The van der Waals surface area contributed by atoms with Gasteiger partial charge in [0.2, 0.25) is 10.0 Å². The van der Waals surface area contributed by atoms with Crippen LogP contribution in [0.1, 0.15) is 15.9 Å². The Hall–Kier alpha value is -3.24. The number of carbonyl (C=O) groups is 2. The molecule has 0 aliphatic carbocycles. The van der Waals surface area contributed by atoms with Gasteiger partial charge in [-0.05, 0) is 72.3 Å². The molecule has 2 N–H and O–H groups in total. The van der Waals surface area contributed by atoms with Gasteiger partial charge in [-0.15, -0.1) is 0 Å². The second-order valence-electron chi connectivity index (χ2n) is 6.54. The van der Waals surface area contributed by atoms with Crippen molar-refractivity contribution in [2.24, 2.45) is 5.10 Å². The maximum Gasteiger partial charge on any atom is 0.343 e. The van der Waals surface area contributed by atoms with Crippen molar-refractivity contribution < 1.29 is 22.7 Å². The van der Waals surface area contributed by atoms with Crippen molar-refractivity contribution in [1.29, 1.82) is 0 Å². The summed E-state index contributed by atoms with van der Waals surface area (Å²) in [5.74, 6) is -0.888. The van der Waals surface area contributed by atoms with E-state index in [9.17, 15) is 18.0 Å². The molecule has 3 aromatic carbocycles. The molecule has 0 saturated heterocycles. The van der Waals surface area contributed by atoms with Crippen LogP contribution in [-0.4, -0.2) is 33.1 Å². The quantitative estimate of drug-likeness (QED) is 0.210. The lowest BCUT2D eigenvalue weighted by Gasteiger charge is -2.06. The van der Waals surface area contributed by atoms with Crippen LogP contribution < -0.4 is 14.9 Å². The number of halogens is 2. The van der Waals surface area contributed by atoms with Crippen LogP contribution in [0.3, 0.4) is 0 Å². The van der Waals surface area contributed by atoms with E-state index >= 15 is 0 Å². The van der Waals surface area contributed by atoms with Gasteiger partial charge in [0.25, 0.3) is 5.91 Å². The smallest absolute Gasteiger partial charge is 0.343 e. The van der Waals surface area contributed by atoms with Crippen LogP contribution in [-0.2, 0) is 14.8 Å². The summed E-state index contributed by atoms with van der Waals surface area (Å²) in [5.41, 5.74) is 3.16. The molecule has 0 bridgehead atoms. The minimum absolute atomic E-state index is 0.0145. The second kappa shape index (κ2) is 11.1. The van der Waals surface area contributed by atoms with Crippen molar-refractivity contribution in [3.05, 3.63) is 94.0 Å². The number of ether oxygens (including phenoxy) is 1. The van der Waals surface area contributed by atoms with E-state index in [1.54, 1.807) is 42.5 Å². The van der Waals surface area contributed by atoms with Gasteiger partial charge in [-0.25, -0.2) is 23.4 Å². The Labute approximate surface area is 200 Å². The number of hydrogen-bond donors (Lipinski definition) is 2. The Kier molecular flexibility index (Phi) is 8.18. The number of hydrogen-bond acceptors (Lipinski definition) is 6. The minimum Gasteiger partial charge on any atom is -0.423 e. The van der Waals surface area contributed by atoms with E-state index in [0.717, 1.165) is 0 Å². The molecule has 0 unspecified atom stereocenters. The fourth-order valence-electron chi connectivity index (χ4n) is 2.48. The number of rotatable bonds is 8. The fourth-order valence-corrected chi connectivity index (χ4v) is 3.78. The van der Waals surface area contributed by atoms with E-state index in [2.05, 4.69) is 15.2 Å². The summed E-state index contributed by atoms with van der Waals surface area (Å²) in [5, 5.41) is 4.60. The predicted octanol–water partition coefficient (Wildman–Crippen LogP) is 3.64. The number of carbonyl (C=O) groups excluding carboxylic acids is 2. The number of nitrogens with one attached hydrogen (secondary N) is 2. The van der Waals surface area contributed by atoms with Gasteiger partial charge in [0, 0.05) is 10.0 Å². The summed E-state index contributed by atoms with van der Waals surface area (Å²) in [4.78, 5) is 24.0. The van der Waals surface area contributed by atoms with E-state index in [4.69, 9.17) is 27.9 Å². The first-order chi connectivity index (χ1) is 15.7. The zero-order valence-electron chi connectivity index (χ0n) is 16.9. The van der Waals surface area contributed by atoms with Gasteiger partial charge in [-0.2, -0.15) is 5.10 Å². The molecule has 0 aromatic heterocycles. The normalized spacial score (nSPS) is 11.3. The van der Waals surface area contributed by atoms with Crippen LogP contribution in [0.25, 0.3) is 0 Å². The molecule has 3 rings (SSSR count). The SMILES string of the molecule is O=C(CNS(=O)(=O)c1ccc(Cl)cc1)N/N=C\c1ccc(OC(=O)c2cccc(Cl)c2)cc1. The van der Waals surface area contributed by atoms with Gasteiger partial charge in [-0.1, -0.05) is 29.3 Å². The Balaban J connectivity index is 1.48. The second-order valence-corrected chi connectivity index (χ2v) is 9.18. The zero-order chi connectivity index (χ0) is 23.8. The van der Waals surface area contributed by atoms with E-state index in [1.165, 1.54) is 36.5 Å². The molecule has 0 radical (unpaired) electrons. The van der Waals surface area contributed by atoms with Crippen LogP contribution in [0.4, 0.5) is 0 Å². The summed E-state index contributed by atoms with van der Waals surface area (Å²) < 4.78 is 31.7. The molecule has 3 aromatic rings. The van der Waals surface area contributed by atoms with Gasteiger partial charge in [0.1, 0.15) is 5.75 Å². The van der Waals surface area contributed by atoms with Crippen molar-refractivity contribution >= 4 is 51.3 Å². The molecular formula is C22H17Cl2N3O5S. The number of sulfonamides is 1. The molecule has 0 atom stereocenters. The zero-order valence-corrected chi connectivity index (χ0v) is 19.2. The van der Waals surface area contributed by atoms with E-state index in [-0.39, 0.29) is 4.90 Å². The van der Waals surface area contributed by atoms with E-state index in [0.29, 0.717) is 26.9 Å². The lowest BCUT2D eigenvalue weighted by Crippen LogP contribution is -2.34. The van der Waals surface area contributed by atoms with Crippen LogP contribution in [0.2, 0.25) is 10.0 Å². The summed E-state index contributed by atoms with van der Waals surface area (Å²) >= 11 is 11.6. The molecule has 11 heteroatoms. The average molecular weight is 506 g/mol. The molecule has 0 aliphatic rings. The Bertz CT molecular complexity index is 1280. The highest BCUT2D eigenvalue weighted by Crippen LogP contribution is 2.16. The van der Waals surface area contributed by atoms with Gasteiger partial charge in [-0.3, -0.25) is 4.79 Å². The van der Waals surface area contributed by atoms with Crippen molar-refractivity contribution in [2.75, 3.05) is 6.54 Å². The molecule has 0 aliphatic heterocycles. The summed E-state index contributed by atoms with van der Waals surface area (Å²) in [6.45, 7) is -0.499. The highest BCUT2D eigenvalue weighted by molar-refractivity contribution is 7.89. The van der Waals surface area contributed by atoms with Gasteiger partial charge < -0.3 is 4.74 Å². The first-order valence-electron chi connectivity index (χ1n) is 9.38. The molecule has 8 nitrogen and oxygen atoms in total. The third kappa shape index (κ3) is 7.40. The Morgan fingerprint density at radius 1 is 0.939 bits per heavy atom. The monoisotopic (exact) mass is 505 g/mol. The van der Waals surface area contributed by atoms with Crippen molar-refractivity contribution in [1.82, 2.24) is 10.1 Å². The van der Waals surface area contributed by atoms with Crippen LogP contribution >= 0.6 is 23.2 Å². The number of amides is 1. The molecule has 33 heavy (non-hydrogen) atoms. The fraction of sp³-hybridized carbons (Fsp3) is 0.0455. The van der Waals surface area contributed by atoms with Gasteiger partial charge in [0.05, 0.1) is 23.2 Å². The van der Waals surface area contributed by atoms with E-state index in [1.807, 2.05) is 0 Å². The maximum atomic E-state index is 12.1. The number of hydrazone groups is 1. The molecule has 0 fully saturated rings. The largest absolute Gasteiger partial charge is 0.423 e. The standard InChI is InChI=1S/C22H17Cl2N3O5S/c23-17-6-10-20(11-7-17)33(30,31)26-14-21(28)27-25-13-15-4-8-19(9-5-15)32-22(29)16-2-1-3-18(24)12-16/h1-13,26H,14H2,(H,27,28)/b25-13-. The lowest BCUT2D eigenvalue weighted by atomic mass is 10.2. The van der Waals surface area contributed by atoms with E-state index < -0.39 is 28.4 Å². The molecule has 1 amide bonds. The third-order valence-corrected chi connectivity index (χ3v) is 6.00.